The molecule has 0 fully saturated rings. The molecule has 0 spiro atoms. The number of nitrogens with zero attached hydrogens (tertiary/aromatic N) is 1. The van der Waals surface area contributed by atoms with Crippen LogP contribution in [0.5, 0.6) is 0 Å². The Bertz CT molecular complexity index is 192. The van der Waals surface area contributed by atoms with Crippen LogP contribution in [-0.4, -0.2) is 30.5 Å². The second-order valence-corrected chi connectivity index (χ2v) is 5.15. The van der Waals surface area contributed by atoms with Crippen molar-refractivity contribution in [2.24, 2.45) is 0 Å². The van der Waals surface area contributed by atoms with Gasteiger partial charge in [0.25, 0.3) is 0 Å². The summed E-state index contributed by atoms with van der Waals surface area (Å²) in [5.74, 6) is 0. The molecule has 0 saturated carbocycles. The van der Waals surface area contributed by atoms with Gasteiger partial charge in [0, 0.05) is 13.1 Å². The van der Waals surface area contributed by atoms with Crippen LogP contribution < -0.4 is 0 Å². The molecule has 0 rings (SSSR count). The Kier molecular flexibility index (Phi) is 6.62. The Morgan fingerprint density at radius 1 is 1.21 bits per heavy atom. The van der Waals surface area contributed by atoms with Crippen molar-refractivity contribution < 1.29 is 13.6 Å². The van der Waals surface area contributed by atoms with Crippen LogP contribution in [-0.2, 0) is 13.6 Å². The number of hydrogen-bond donors (Lipinski definition) is 0. The maximum atomic E-state index is 12.3. The largest absolute Gasteiger partial charge is 0.408 e. The van der Waals surface area contributed by atoms with E-state index in [9.17, 15) is 4.57 Å². The molecule has 4 nitrogen and oxygen atoms in total. The summed E-state index contributed by atoms with van der Waals surface area (Å²) >= 11 is 0. The average Bonchev–Trinajstić information content (AvgIpc) is 2.04. The molecule has 0 bridgehead atoms. The molecule has 0 N–H and O–H groups in total. The fraction of sp³-hybridized carbons (Fsp3) is 1.00. The van der Waals surface area contributed by atoms with Crippen molar-refractivity contribution in [2.75, 3.05) is 19.7 Å². The van der Waals surface area contributed by atoms with Gasteiger partial charge in [0.05, 0.1) is 12.7 Å². The zero-order valence-electron chi connectivity index (χ0n) is 9.82. The minimum Gasteiger partial charge on any atom is -0.297 e. The molecule has 0 aromatic carbocycles. The first-order chi connectivity index (χ1) is 6.50. The van der Waals surface area contributed by atoms with Gasteiger partial charge in [-0.3, -0.25) is 9.05 Å². The standard InChI is InChI=1S/C9H22NO3P/c1-6-10(7-2)14(11,12-8-3)13-9(4)5/h9H,6-8H2,1-5H3. The molecule has 86 valence electrons. The molecule has 0 aliphatic heterocycles. The van der Waals surface area contributed by atoms with Gasteiger partial charge in [-0.2, -0.15) is 0 Å². The number of rotatable bonds is 7. The molecule has 0 aliphatic carbocycles. The second-order valence-electron chi connectivity index (χ2n) is 3.18. The molecule has 0 aliphatic rings. The van der Waals surface area contributed by atoms with Crippen LogP contribution in [0.2, 0.25) is 0 Å². The molecule has 5 heteroatoms. The second kappa shape index (κ2) is 6.57. The van der Waals surface area contributed by atoms with Crippen LogP contribution in [0.25, 0.3) is 0 Å². The summed E-state index contributed by atoms with van der Waals surface area (Å²) in [6.45, 7) is 11.2. The minimum atomic E-state index is -3.05. The van der Waals surface area contributed by atoms with Gasteiger partial charge in [-0.25, -0.2) is 9.24 Å². The first-order valence-corrected chi connectivity index (χ1v) is 6.68. The predicted octanol–water partition coefficient (Wildman–Crippen LogP) is 2.90. The zero-order valence-corrected chi connectivity index (χ0v) is 10.7. The van der Waals surface area contributed by atoms with E-state index in [4.69, 9.17) is 9.05 Å². The van der Waals surface area contributed by atoms with Crippen molar-refractivity contribution in [2.45, 2.75) is 40.7 Å². The SMILES string of the molecule is CCOP(=O)(OC(C)C)N(CC)CC. The van der Waals surface area contributed by atoms with Gasteiger partial charge >= 0.3 is 7.75 Å². The third kappa shape index (κ3) is 4.09. The molecule has 0 saturated heterocycles. The Morgan fingerprint density at radius 3 is 2.00 bits per heavy atom. The minimum absolute atomic E-state index is 0.0898. The first-order valence-electron chi connectivity index (χ1n) is 5.18. The van der Waals surface area contributed by atoms with Gasteiger partial charge in [-0.1, -0.05) is 13.8 Å². The summed E-state index contributed by atoms with van der Waals surface area (Å²) in [4.78, 5) is 0. The van der Waals surface area contributed by atoms with Crippen LogP contribution in [0, 0.1) is 0 Å². The molecule has 14 heavy (non-hydrogen) atoms. The summed E-state index contributed by atoms with van der Waals surface area (Å²) in [7, 11) is -3.05. The fourth-order valence-electron chi connectivity index (χ4n) is 1.18. The summed E-state index contributed by atoms with van der Waals surface area (Å²) < 4.78 is 24.6. The van der Waals surface area contributed by atoms with E-state index in [1.807, 2.05) is 34.6 Å². The predicted molar refractivity (Wildman–Crippen MR) is 58.4 cm³/mol. The van der Waals surface area contributed by atoms with Crippen LogP contribution in [0.3, 0.4) is 0 Å². The van der Waals surface area contributed by atoms with Crippen molar-refractivity contribution in [3.8, 4) is 0 Å². The van der Waals surface area contributed by atoms with Crippen molar-refractivity contribution in [3.05, 3.63) is 0 Å². The maximum Gasteiger partial charge on any atom is 0.408 e. The zero-order chi connectivity index (χ0) is 11.2. The van der Waals surface area contributed by atoms with E-state index in [1.54, 1.807) is 4.67 Å². The monoisotopic (exact) mass is 223 g/mol. The van der Waals surface area contributed by atoms with E-state index in [-0.39, 0.29) is 6.10 Å². The summed E-state index contributed by atoms with van der Waals surface area (Å²) in [5.41, 5.74) is 0. The normalized spacial score (nSPS) is 16.2. The third-order valence-electron chi connectivity index (χ3n) is 1.71. The Morgan fingerprint density at radius 2 is 1.71 bits per heavy atom. The Balaban J connectivity index is 4.59. The molecular weight excluding hydrogens is 201 g/mol. The highest BCUT2D eigenvalue weighted by molar-refractivity contribution is 7.51. The third-order valence-corrected chi connectivity index (χ3v) is 4.24. The molecule has 0 aromatic rings. The highest BCUT2D eigenvalue weighted by Gasteiger charge is 2.32. The smallest absolute Gasteiger partial charge is 0.297 e. The molecule has 0 heterocycles. The van der Waals surface area contributed by atoms with Gasteiger partial charge in [0.15, 0.2) is 0 Å². The van der Waals surface area contributed by atoms with E-state index in [0.29, 0.717) is 19.7 Å². The van der Waals surface area contributed by atoms with Crippen molar-refractivity contribution in [1.82, 2.24) is 4.67 Å². The van der Waals surface area contributed by atoms with Gasteiger partial charge in [-0.15, -0.1) is 0 Å². The molecule has 0 amide bonds. The lowest BCUT2D eigenvalue weighted by Gasteiger charge is -2.29. The molecule has 0 radical (unpaired) electrons. The van der Waals surface area contributed by atoms with Crippen LogP contribution in [0.1, 0.15) is 34.6 Å². The van der Waals surface area contributed by atoms with Crippen LogP contribution in [0.4, 0.5) is 0 Å². The van der Waals surface area contributed by atoms with Gasteiger partial charge < -0.3 is 0 Å². The van der Waals surface area contributed by atoms with Crippen LogP contribution >= 0.6 is 7.75 Å². The molecular formula is C9H22NO3P. The molecule has 1 atom stereocenters. The lowest BCUT2D eigenvalue weighted by atomic mass is 10.5. The molecule has 0 aromatic heterocycles. The number of hydrogen-bond acceptors (Lipinski definition) is 3. The highest BCUT2D eigenvalue weighted by Crippen LogP contribution is 2.52. The fourth-order valence-corrected chi connectivity index (χ4v) is 3.09. The first kappa shape index (κ1) is 14.1. The van der Waals surface area contributed by atoms with E-state index in [1.165, 1.54) is 0 Å². The van der Waals surface area contributed by atoms with E-state index in [0.717, 1.165) is 0 Å². The van der Waals surface area contributed by atoms with E-state index >= 15 is 0 Å². The van der Waals surface area contributed by atoms with Gasteiger partial charge in [0.1, 0.15) is 0 Å². The van der Waals surface area contributed by atoms with Gasteiger partial charge in [0.2, 0.25) is 0 Å². The maximum absolute atomic E-state index is 12.3. The molecule has 1 unspecified atom stereocenters. The van der Waals surface area contributed by atoms with Gasteiger partial charge in [-0.05, 0) is 20.8 Å². The van der Waals surface area contributed by atoms with E-state index < -0.39 is 7.75 Å². The van der Waals surface area contributed by atoms with Crippen molar-refractivity contribution >= 4 is 7.75 Å². The highest BCUT2D eigenvalue weighted by atomic mass is 31.2. The Hall–Kier alpha value is 0.110. The van der Waals surface area contributed by atoms with Crippen LogP contribution in [0.15, 0.2) is 0 Å². The van der Waals surface area contributed by atoms with E-state index in [2.05, 4.69) is 0 Å². The average molecular weight is 223 g/mol. The summed E-state index contributed by atoms with van der Waals surface area (Å²) in [6, 6.07) is 0. The summed E-state index contributed by atoms with van der Waals surface area (Å²) in [6.07, 6.45) is -0.0898. The summed E-state index contributed by atoms with van der Waals surface area (Å²) in [5, 5.41) is 0. The lowest BCUT2D eigenvalue weighted by molar-refractivity contribution is 0.135. The topological polar surface area (TPSA) is 38.8 Å². The Labute approximate surface area is 87.2 Å². The van der Waals surface area contributed by atoms with Crippen molar-refractivity contribution in [1.29, 1.82) is 0 Å². The quantitative estimate of drug-likeness (QED) is 0.622. The lowest BCUT2D eigenvalue weighted by Crippen LogP contribution is -2.24. The van der Waals surface area contributed by atoms with Crippen molar-refractivity contribution in [3.63, 3.8) is 0 Å².